The highest BCUT2D eigenvalue weighted by molar-refractivity contribution is 9.10. The van der Waals surface area contributed by atoms with Gasteiger partial charge in [-0.25, -0.2) is 9.37 Å². The Labute approximate surface area is 170 Å². The van der Waals surface area contributed by atoms with Gasteiger partial charge >= 0.3 is 0 Å². The van der Waals surface area contributed by atoms with Crippen LogP contribution in [0, 0.1) is 5.82 Å². The number of hydrogen-bond donors (Lipinski definition) is 2. The van der Waals surface area contributed by atoms with Gasteiger partial charge in [0.2, 0.25) is 5.91 Å². The van der Waals surface area contributed by atoms with Crippen LogP contribution in [0.2, 0.25) is 0 Å². The maximum Gasteiger partial charge on any atom is 0.293 e. The van der Waals surface area contributed by atoms with E-state index in [1.54, 1.807) is 12.1 Å². The Morgan fingerprint density at radius 3 is 2.67 bits per heavy atom. The topological polar surface area (TPSA) is 84.2 Å². The number of anilines is 2. The summed E-state index contributed by atoms with van der Waals surface area (Å²) in [5.74, 6) is 0.0256. The van der Waals surface area contributed by atoms with Crippen molar-refractivity contribution >= 4 is 61.7 Å². The highest BCUT2D eigenvalue weighted by atomic mass is 79.9. The van der Waals surface area contributed by atoms with Crippen LogP contribution in [0.1, 0.15) is 16.2 Å². The van der Waals surface area contributed by atoms with E-state index >= 15 is 0 Å². The Bertz CT molecular complexity index is 943. The highest BCUT2D eigenvalue weighted by Crippen LogP contribution is 2.21. The first-order chi connectivity index (χ1) is 13.0. The summed E-state index contributed by atoms with van der Waals surface area (Å²) in [6, 6.07) is 8.78. The summed E-state index contributed by atoms with van der Waals surface area (Å²) in [5, 5.41) is 7.63. The third-order valence-corrected chi connectivity index (χ3v) is 5.38. The van der Waals surface area contributed by atoms with Crippen LogP contribution in [0.3, 0.4) is 0 Å². The van der Waals surface area contributed by atoms with Crippen molar-refractivity contribution in [2.75, 3.05) is 16.4 Å². The monoisotopic (exact) mass is 469 g/mol. The second-order valence-corrected chi connectivity index (χ2v) is 7.88. The summed E-state index contributed by atoms with van der Waals surface area (Å²) in [6.45, 7) is 0. The lowest BCUT2D eigenvalue weighted by atomic mass is 10.3. The molecule has 0 aliphatic rings. The van der Waals surface area contributed by atoms with Gasteiger partial charge in [-0.15, -0.1) is 23.1 Å². The summed E-state index contributed by atoms with van der Waals surface area (Å²) >= 11 is 5.83. The predicted molar refractivity (Wildman–Crippen MR) is 108 cm³/mol. The Morgan fingerprint density at radius 1 is 1.19 bits per heavy atom. The molecule has 140 valence electrons. The van der Waals surface area contributed by atoms with Crippen molar-refractivity contribution in [3.05, 3.63) is 63.7 Å². The van der Waals surface area contributed by atoms with Gasteiger partial charge in [-0.3, -0.25) is 14.9 Å². The van der Waals surface area contributed by atoms with Crippen molar-refractivity contribution in [1.82, 2.24) is 4.98 Å². The second kappa shape index (κ2) is 9.16. The Balaban J connectivity index is 1.43. The number of benzene rings is 1. The third-order valence-electron chi connectivity index (χ3n) is 3.18. The van der Waals surface area contributed by atoms with Crippen LogP contribution in [0.5, 0.6) is 0 Å². The Kier molecular flexibility index (Phi) is 6.64. The van der Waals surface area contributed by atoms with E-state index in [2.05, 4.69) is 31.5 Å². The van der Waals surface area contributed by atoms with Crippen LogP contribution in [-0.4, -0.2) is 22.6 Å². The first-order valence-corrected chi connectivity index (χ1v) is 10.5. The summed E-state index contributed by atoms with van der Waals surface area (Å²) < 4.78 is 18.5. The van der Waals surface area contributed by atoms with Crippen LogP contribution in [-0.2, 0) is 10.5 Å². The lowest BCUT2D eigenvalue weighted by Gasteiger charge is -2.04. The minimum absolute atomic E-state index is 0.182. The molecular formula is C17H13BrFN3O3S2. The molecule has 0 fully saturated rings. The van der Waals surface area contributed by atoms with Gasteiger partial charge in [-0.2, -0.15) is 0 Å². The van der Waals surface area contributed by atoms with Crippen molar-refractivity contribution in [3.8, 4) is 0 Å². The van der Waals surface area contributed by atoms with E-state index in [0.29, 0.717) is 21.2 Å². The molecule has 0 aliphatic heterocycles. The number of aromatic nitrogens is 1. The summed E-state index contributed by atoms with van der Waals surface area (Å²) in [4.78, 5) is 28.2. The van der Waals surface area contributed by atoms with Gasteiger partial charge in [0.05, 0.1) is 11.4 Å². The highest BCUT2D eigenvalue weighted by Gasteiger charge is 2.13. The molecule has 0 bridgehead atoms. The molecule has 3 rings (SSSR count). The number of rotatable bonds is 7. The number of furan rings is 1. The predicted octanol–water partition coefficient (Wildman–Crippen LogP) is 4.76. The van der Waals surface area contributed by atoms with E-state index in [1.807, 2.05) is 5.38 Å². The summed E-state index contributed by atoms with van der Waals surface area (Å²) in [5.41, 5.74) is 1.31. The minimum atomic E-state index is -0.382. The normalized spacial score (nSPS) is 10.6. The van der Waals surface area contributed by atoms with Crippen molar-refractivity contribution in [2.45, 2.75) is 5.75 Å². The lowest BCUT2D eigenvalue weighted by molar-refractivity contribution is -0.113. The fourth-order valence-corrected chi connectivity index (χ4v) is 3.84. The molecule has 2 N–H and O–H groups in total. The van der Waals surface area contributed by atoms with Crippen LogP contribution in [0.4, 0.5) is 15.2 Å². The molecule has 0 spiro atoms. The maximum absolute atomic E-state index is 12.8. The molecule has 0 unspecified atom stereocenters. The number of carbonyl (C=O) groups excluding carboxylic acids is 2. The maximum atomic E-state index is 12.8. The molecule has 2 heterocycles. The molecule has 1 aromatic carbocycles. The molecule has 0 aliphatic carbocycles. The Morgan fingerprint density at radius 2 is 1.96 bits per heavy atom. The zero-order valence-corrected chi connectivity index (χ0v) is 16.9. The van der Waals surface area contributed by atoms with E-state index < -0.39 is 0 Å². The molecule has 2 amide bonds. The van der Waals surface area contributed by atoms with Gasteiger partial charge in [0, 0.05) is 16.8 Å². The Hall–Kier alpha value is -2.17. The van der Waals surface area contributed by atoms with Crippen LogP contribution >= 0.6 is 39.0 Å². The number of halogens is 2. The number of amides is 2. The first-order valence-electron chi connectivity index (χ1n) is 7.64. The molecule has 27 heavy (non-hydrogen) atoms. The molecule has 0 saturated carbocycles. The van der Waals surface area contributed by atoms with Gasteiger partial charge in [-0.05, 0) is 52.3 Å². The van der Waals surface area contributed by atoms with E-state index in [-0.39, 0.29) is 29.1 Å². The number of nitrogens with zero attached hydrogens (tertiary/aromatic N) is 1. The average Bonchev–Trinajstić information content (AvgIpc) is 3.26. The van der Waals surface area contributed by atoms with Crippen molar-refractivity contribution < 1.29 is 18.4 Å². The lowest BCUT2D eigenvalue weighted by Crippen LogP contribution is -2.14. The van der Waals surface area contributed by atoms with E-state index in [0.717, 1.165) is 5.69 Å². The molecule has 0 atom stereocenters. The zero-order chi connectivity index (χ0) is 19.2. The zero-order valence-electron chi connectivity index (χ0n) is 13.7. The molecule has 0 radical (unpaired) electrons. The first kappa shape index (κ1) is 19.6. The fraction of sp³-hybridized carbons (Fsp3) is 0.118. The van der Waals surface area contributed by atoms with Gasteiger partial charge in [-0.1, -0.05) is 0 Å². The minimum Gasteiger partial charge on any atom is -0.444 e. The van der Waals surface area contributed by atoms with Crippen molar-refractivity contribution in [2.24, 2.45) is 0 Å². The molecule has 2 aromatic heterocycles. The van der Waals surface area contributed by atoms with Gasteiger partial charge in [0.25, 0.3) is 5.91 Å². The van der Waals surface area contributed by atoms with E-state index in [1.165, 1.54) is 47.4 Å². The van der Waals surface area contributed by atoms with E-state index in [4.69, 9.17) is 4.42 Å². The number of carbonyl (C=O) groups is 2. The standard InChI is InChI=1S/C17H13BrFN3O3S2/c18-14-6-5-13(25-14)16(24)22-17-21-12(8-27-17)7-26-9-15(23)20-11-3-1-10(19)2-4-11/h1-6,8H,7,9H2,(H,20,23)(H,21,22,24). The van der Waals surface area contributed by atoms with Gasteiger partial charge < -0.3 is 9.73 Å². The number of thioether (sulfide) groups is 1. The number of nitrogens with one attached hydrogen (secondary N) is 2. The molecular weight excluding hydrogens is 457 g/mol. The van der Waals surface area contributed by atoms with Gasteiger partial charge in [0.15, 0.2) is 15.6 Å². The number of hydrogen-bond acceptors (Lipinski definition) is 6. The van der Waals surface area contributed by atoms with Crippen molar-refractivity contribution in [3.63, 3.8) is 0 Å². The van der Waals surface area contributed by atoms with Crippen LogP contribution in [0.25, 0.3) is 0 Å². The molecule has 10 heteroatoms. The van der Waals surface area contributed by atoms with Crippen LogP contribution < -0.4 is 10.6 Å². The van der Waals surface area contributed by atoms with Gasteiger partial charge in [0.1, 0.15) is 5.82 Å². The molecule has 0 saturated heterocycles. The molecule has 3 aromatic rings. The molecule has 6 nitrogen and oxygen atoms in total. The second-order valence-electron chi connectivity index (χ2n) is 5.25. The largest absolute Gasteiger partial charge is 0.444 e. The SMILES string of the molecule is O=C(CSCc1csc(NC(=O)c2ccc(Br)o2)n1)Nc1ccc(F)cc1. The van der Waals surface area contributed by atoms with E-state index in [9.17, 15) is 14.0 Å². The van der Waals surface area contributed by atoms with Crippen LogP contribution in [0.15, 0.2) is 50.9 Å². The quantitative estimate of drug-likeness (QED) is 0.520. The smallest absolute Gasteiger partial charge is 0.293 e. The fourth-order valence-electron chi connectivity index (χ4n) is 2.00. The third kappa shape index (κ3) is 5.91. The number of thiazole rings is 1. The summed E-state index contributed by atoms with van der Waals surface area (Å²) in [7, 11) is 0. The summed E-state index contributed by atoms with van der Waals surface area (Å²) in [6.07, 6.45) is 0. The van der Waals surface area contributed by atoms with Crippen molar-refractivity contribution in [1.29, 1.82) is 0 Å². The average molecular weight is 470 g/mol.